The zero-order valence-corrected chi connectivity index (χ0v) is 18.6. The summed E-state index contributed by atoms with van der Waals surface area (Å²) in [6.45, 7) is 5.31. The minimum Gasteiger partial charge on any atom is -0.493 e. The molecule has 2 atom stereocenters. The van der Waals surface area contributed by atoms with E-state index in [0.717, 1.165) is 0 Å². The van der Waals surface area contributed by atoms with E-state index in [-0.39, 0.29) is 6.61 Å². The minimum absolute atomic E-state index is 0.163. The van der Waals surface area contributed by atoms with Crippen molar-refractivity contribution < 1.29 is 29.2 Å². The molecular formula is C25H30O6. The Balaban J connectivity index is 2.12. The van der Waals surface area contributed by atoms with Gasteiger partial charge in [-0.15, -0.1) is 0 Å². The monoisotopic (exact) mass is 426 g/mol. The number of hydrogen-bond donors (Lipinski definition) is 2. The van der Waals surface area contributed by atoms with Crippen LogP contribution >= 0.6 is 0 Å². The molecule has 0 aliphatic heterocycles. The highest BCUT2D eigenvalue weighted by atomic mass is 16.5. The number of aliphatic hydroxyl groups is 2. The van der Waals surface area contributed by atoms with Crippen molar-refractivity contribution in [2.24, 2.45) is 5.41 Å². The fourth-order valence-corrected chi connectivity index (χ4v) is 4.37. The molecule has 6 nitrogen and oxygen atoms in total. The highest BCUT2D eigenvalue weighted by molar-refractivity contribution is 5.89. The number of aliphatic hydroxyl groups excluding tert-OH is 1. The van der Waals surface area contributed by atoms with Gasteiger partial charge >= 0.3 is 5.97 Å². The van der Waals surface area contributed by atoms with Crippen molar-refractivity contribution in [2.45, 2.75) is 38.9 Å². The SMILES string of the molecule is COc1cccc(C2=C(COC(=O)c3ccccc3)C(C)(O)CC(C)(C)C2O)c1OC. The largest absolute Gasteiger partial charge is 0.493 e. The number of ether oxygens (including phenoxy) is 3. The summed E-state index contributed by atoms with van der Waals surface area (Å²) in [5, 5.41) is 22.7. The van der Waals surface area contributed by atoms with E-state index in [2.05, 4.69) is 0 Å². The molecule has 0 saturated heterocycles. The summed E-state index contributed by atoms with van der Waals surface area (Å²) in [5.41, 5.74) is 0.00400. The van der Waals surface area contributed by atoms with Crippen LogP contribution in [0, 0.1) is 5.41 Å². The van der Waals surface area contributed by atoms with Crippen LogP contribution in [-0.4, -0.2) is 48.7 Å². The maximum Gasteiger partial charge on any atom is 0.338 e. The summed E-state index contributed by atoms with van der Waals surface area (Å²) < 4.78 is 16.6. The predicted octanol–water partition coefficient (Wildman–Crippen LogP) is 3.86. The van der Waals surface area contributed by atoms with Crippen molar-refractivity contribution in [3.05, 3.63) is 65.2 Å². The van der Waals surface area contributed by atoms with Gasteiger partial charge in [-0.2, -0.15) is 0 Å². The Kier molecular flexibility index (Phi) is 6.43. The molecule has 0 radical (unpaired) electrons. The molecule has 2 aromatic carbocycles. The number of benzene rings is 2. The summed E-state index contributed by atoms with van der Waals surface area (Å²) in [7, 11) is 3.06. The average Bonchev–Trinajstić information content (AvgIpc) is 2.74. The zero-order valence-electron chi connectivity index (χ0n) is 18.6. The number of methoxy groups -OCH3 is 2. The van der Waals surface area contributed by atoms with Crippen molar-refractivity contribution in [3.63, 3.8) is 0 Å². The number of carbonyl (C=O) groups excluding carboxylic acids is 1. The number of hydrogen-bond acceptors (Lipinski definition) is 6. The van der Waals surface area contributed by atoms with Gasteiger partial charge in [0.1, 0.15) is 6.61 Å². The summed E-state index contributed by atoms with van der Waals surface area (Å²) in [6, 6.07) is 14.0. The molecule has 166 valence electrons. The molecule has 1 aliphatic carbocycles. The van der Waals surface area contributed by atoms with Gasteiger partial charge in [-0.25, -0.2) is 4.79 Å². The first-order chi connectivity index (χ1) is 14.6. The standard InChI is InChI=1S/C25H30O6/c1-24(2)15-25(3,28)18(14-31-23(27)16-10-7-6-8-11-16)20(22(24)26)17-12-9-13-19(29-4)21(17)30-5/h6-13,22,26,28H,14-15H2,1-5H3. The van der Waals surface area contributed by atoms with Crippen molar-refractivity contribution in [1.82, 2.24) is 0 Å². The van der Waals surface area contributed by atoms with Crippen LogP contribution < -0.4 is 9.47 Å². The van der Waals surface area contributed by atoms with E-state index in [1.54, 1.807) is 49.4 Å². The zero-order chi connectivity index (χ0) is 22.8. The van der Waals surface area contributed by atoms with Crippen LogP contribution in [0.5, 0.6) is 11.5 Å². The van der Waals surface area contributed by atoms with Crippen LogP contribution in [-0.2, 0) is 4.74 Å². The van der Waals surface area contributed by atoms with Crippen LogP contribution in [0.1, 0.15) is 43.1 Å². The topological polar surface area (TPSA) is 85.2 Å². The third kappa shape index (κ3) is 4.45. The molecule has 0 bridgehead atoms. The van der Waals surface area contributed by atoms with Gasteiger partial charge in [-0.1, -0.05) is 44.2 Å². The lowest BCUT2D eigenvalue weighted by atomic mass is 9.64. The van der Waals surface area contributed by atoms with Gasteiger partial charge in [0.05, 0.1) is 31.5 Å². The first-order valence-electron chi connectivity index (χ1n) is 10.2. The lowest BCUT2D eigenvalue weighted by Gasteiger charge is -2.46. The number of esters is 1. The molecule has 1 aliphatic rings. The van der Waals surface area contributed by atoms with Crippen molar-refractivity contribution in [1.29, 1.82) is 0 Å². The van der Waals surface area contributed by atoms with Crippen molar-refractivity contribution in [3.8, 4) is 11.5 Å². The van der Waals surface area contributed by atoms with Crippen LogP contribution in [0.2, 0.25) is 0 Å². The highest BCUT2D eigenvalue weighted by Gasteiger charge is 2.47. The lowest BCUT2D eigenvalue weighted by Crippen LogP contribution is -2.47. The van der Waals surface area contributed by atoms with Gasteiger partial charge in [-0.05, 0) is 42.5 Å². The Morgan fingerprint density at radius 2 is 1.71 bits per heavy atom. The number of carbonyl (C=O) groups is 1. The van der Waals surface area contributed by atoms with E-state index in [1.807, 2.05) is 19.9 Å². The second-order valence-corrected chi connectivity index (χ2v) is 8.72. The Morgan fingerprint density at radius 1 is 1.03 bits per heavy atom. The Labute approximate surface area is 183 Å². The molecular weight excluding hydrogens is 396 g/mol. The molecule has 2 N–H and O–H groups in total. The van der Waals surface area contributed by atoms with E-state index in [1.165, 1.54) is 14.2 Å². The lowest BCUT2D eigenvalue weighted by molar-refractivity contribution is -0.0191. The van der Waals surface area contributed by atoms with Gasteiger partial charge in [-0.3, -0.25) is 0 Å². The van der Waals surface area contributed by atoms with Gasteiger partial charge in [0.15, 0.2) is 11.5 Å². The second kappa shape index (κ2) is 8.73. The fourth-order valence-electron chi connectivity index (χ4n) is 4.37. The fraction of sp³-hybridized carbons (Fsp3) is 0.400. The molecule has 0 heterocycles. The number of rotatable bonds is 6. The van der Waals surface area contributed by atoms with Crippen molar-refractivity contribution >= 4 is 11.5 Å². The van der Waals surface area contributed by atoms with E-state index in [9.17, 15) is 15.0 Å². The highest BCUT2D eigenvalue weighted by Crippen LogP contribution is 2.50. The first-order valence-corrected chi connectivity index (χ1v) is 10.2. The number of para-hydroxylation sites is 1. The molecule has 0 fully saturated rings. The first kappa shape index (κ1) is 22.8. The summed E-state index contributed by atoms with van der Waals surface area (Å²) in [6.07, 6.45) is -0.617. The third-order valence-electron chi connectivity index (χ3n) is 5.84. The summed E-state index contributed by atoms with van der Waals surface area (Å²) >= 11 is 0. The van der Waals surface area contributed by atoms with Crippen molar-refractivity contribution in [2.75, 3.05) is 20.8 Å². The van der Waals surface area contributed by atoms with Crippen LogP contribution in [0.15, 0.2) is 54.1 Å². The van der Waals surface area contributed by atoms with Gasteiger partial charge < -0.3 is 24.4 Å². The van der Waals surface area contributed by atoms with Crippen LogP contribution in [0.25, 0.3) is 5.57 Å². The molecule has 2 aromatic rings. The quantitative estimate of drug-likeness (QED) is 0.683. The van der Waals surface area contributed by atoms with E-state index in [4.69, 9.17) is 14.2 Å². The maximum absolute atomic E-state index is 12.5. The normalized spacial score (nSPS) is 22.7. The molecule has 0 amide bonds. The summed E-state index contributed by atoms with van der Waals surface area (Å²) in [5.74, 6) is 0.447. The van der Waals surface area contributed by atoms with Gasteiger partial charge in [0.25, 0.3) is 0 Å². The van der Waals surface area contributed by atoms with Crippen LogP contribution in [0.3, 0.4) is 0 Å². The predicted molar refractivity (Wildman–Crippen MR) is 118 cm³/mol. The molecule has 6 heteroatoms. The summed E-state index contributed by atoms with van der Waals surface area (Å²) in [4.78, 5) is 12.5. The third-order valence-corrected chi connectivity index (χ3v) is 5.84. The molecule has 0 aromatic heterocycles. The molecule has 0 saturated carbocycles. The van der Waals surface area contributed by atoms with E-state index >= 15 is 0 Å². The molecule has 0 spiro atoms. The second-order valence-electron chi connectivity index (χ2n) is 8.72. The Morgan fingerprint density at radius 3 is 2.32 bits per heavy atom. The van der Waals surface area contributed by atoms with E-state index < -0.39 is 23.1 Å². The smallest absolute Gasteiger partial charge is 0.338 e. The molecule has 31 heavy (non-hydrogen) atoms. The van der Waals surface area contributed by atoms with Gasteiger partial charge in [0.2, 0.25) is 0 Å². The van der Waals surface area contributed by atoms with Gasteiger partial charge in [0, 0.05) is 11.1 Å². The molecule has 2 unspecified atom stereocenters. The van der Waals surface area contributed by atoms with Crippen LogP contribution in [0.4, 0.5) is 0 Å². The Hall–Kier alpha value is -2.83. The average molecular weight is 427 g/mol. The molecule has 3 rings (SSSR count). The Bertz CT molecular complexity index is 975. The van der Waals surface area contributed by atoms with E-state index in [0.29, 0.717) is 40.2 Å². The maximum atomic E-state index is 12.5. The minimum atomic E-state index is -1.30.